The minimum atomic E-state index is -0.135. The third-order valence-corrected chi connectivity index (χ3v) is 3.91. The summed E-state index contributed by atoms with van der Waals surface area (Å²) >= 11 is 0. The van der Waals surface area contributed by atoms with Gasteiger partial charge in [-0.3, -0.25) is 19.3 Å². The van der Waals surface area contributed by atoms with Crippen molar-refractivity contribution in [3.63, 3.8) is 0 Å². The van der Waals surface area contributed by atoms with Gasteiger partial charge in [0.05, 0.1) is 6.54 Å². The van der Waals surface area contributed by atoms with Crippen LogP contribution in [0.15, 0.2) is 24.3 Å². The number of carbonyl (C=O) groups is 3. The fourth-order valence-electron chi connectivity index (χ4n) is 2.54. The van der Waals surface area contributed by atoms with Crippen LogP contribution in [0.5, 0.6) is 0 Å². The van der Waals surface area contributed by atoms with Crippen LogP contribution in [-0.4, -0.2) is 42.4 Å². The monoisotopic (exact) mass is 346 g/mol. The molecule has 6 nitrogen and oxygen atoms in total. The molecule has 1 N–H and O–H groups in total. The van der Waals surface area contributed by atoms with Crippen molar-refractivity contribution in [3.8, 4) is 0 Å². The fraction of sp³-hybridized carbons (Fsp3) is 0.526. The molecule has 1 fully saturated rings. The van der Waals surface area contributed by atoms with E-state index in [1.54, 1.807) is 24.3 Å². The summed E-state index contributed by atoms with van der Waals surface area (Å²) in [5.41, 5.74) is 1.40. The van der Waals surface area contributed by atoms with Gasteiger partial charge >= 0.3 is 0 Å². The molecular formula is C19H26N2O4. The van der Waals surface area contributed by atoms with Crippen LogP contribution in [0.2, 0.25) is 0 Å². The Bertz CT molecular complexity index is 594. The minimum Gasteiger partial charge on any atom is -0.381 e. The van der Waals surface area contributed by atoms with E-state index >= 15 is 0 Å². The highest BCUT2D eigenvalue weighted by atomic mass is 16.5. The van der Waals surface area contributed by atoms with E-state index in [-0.39, 0.29) is 24.3 Å². The number of nitrogens with one attached hydrogen (secondary N) is 1. The molecule has 0 aliphatic carbocycles. The van der Waals surface area contributed by atoms with Crippen molar-refractivity contribution >= 4 is 17.7 Å². The van der Waals surface area contributed by atoms with Crippen molar-refractivity contribution in [2.75, 3.05) is 19.8 Å². The van der Waals surface area contributed by atoms with E-state index in [9.17, 15) is 14.4 Å². The molecule has 1 saturated heterocycles. The zero-order chi connectivity index (χ0) is 18.2. The number of rotatable bonds is 9. The molecule has 0 unspecified atom stereocenters. The topological polar surface area (TPSA) is 75.7 Å². The molecule has 1 aromatic carbocycles. The van der Waals surface area contributed by atoms with Crippen LogP contribution in [0.1, 0.15) is 49.0 Å². The van der Waals surface area contributed by atoms with Crippen molar-refractivity contribution in [3.05, 3.63) is 35.4 Å². The maximum Gasteiger partial charge on any atom is 0.251 e. The Labute approximate surface area is 148 Å². The van der Waals surface area contributed by atoms with Crippen molar-refractivity contribution < 1.29 is 19.1 Å². The minimum absolute atomic E-state index is 0.133. The molecule has 1 aromatic rings. The van der Waals surface area contributed by atoms with E-state index in [4.69, 9.17) is 4.74 Å². The molecule has 2 rings (SSSR count). The second-order valence-corrected chi connectivity index (χ2v) is 6.65. The molecule has 0 atom stereocenters. The van der Waals surface area contributed by atoms with Gasteiger partial charge in [-0.05, 0) is 30.0 Å². The van der Waals surface area contributed by atoms with Gasteiger partial charge in [-0.15, -0.1) is 0 Å². The van der Waals surface area contributed by atoms with E-state index in [1.807, 2.05) is 0 Å². The third kappa shape index (κ3) is 5.98. The van der Waals surface area contributed by atoms with Gasteiger partial charge in [0.1, 0.15) is 0 Å². The summed E-state index contributed by atoms with van der Waals surface area (Å²) in [6.45, 7) is 6.40. The molecule has 1 aliphatic rings. The second kappa shape index (κ2) is 9.32. The summed E-state index contributed by atoms with van der Waals surface area (Å²) in [4.78, 5) is 36.6. The normalized spacial score (nSPS) is 14.4. The highest BCUT2D eigenvalue weighted by molar-refractivity contribution is 6.01. The lowest BCUT2D eigenvalue weighted by atomic mass is 10.1. The number of benzene rings is 1. The van der Waals surface area contributed by atoms with Crippen LogP contribution in [0.4, 0.5) is 0 Å². The van der Waals surface area contributed by atoms with E-state index in [2.05, 4.69) is 19.2 Å². The Morgan fingerprint density at radius 3 is 2.40 bits per heavy atom. The number of carbonyl (C=O) groups excluding carboxylic acids is 3. The van der Waals surface area contributed by atoms with Crippen molar-refractivity contribution in [2.24, 2.45) is 5.92 Å². The molecule has 0 aromatic heterocycles. The van der Waals surface area contributed by atoms with Crippen LogP contribution in [0, 0.1) is 5.92 Å². The Balaban J connectivity index is 1.74. The first-order chi connectivity index (χ1) is 12.0. The molecule has 6 heteroatoms. The number of ether oxygens (including phenoxy) is 1. The number of hydrogen-bond acceptors (Lipinski definition) is 4. The summed E-state index contributed by atoms with van der Waals surface area (Å²) in [5.74, 6) is 0.112. The standard InChI is InChI=1S/C19H26N2O4/c1-14(2)13-25-11-3-10-20-19(24)16-6-4-15(5-7-16)12-21-17(22)8-9-18(21)23/h4-7,14H,3,8-13H2,1-2H3,(H,20,24). The Kier molecular flexibility index (Phi) is 7.13. The van der Waals surface area contributed by atoms with E-state index in [0.29, 0.717) is 37.5 Å². The fourth-order valence-corrected chi connectivity index (χ4v) is 2.54. The maximum absolute atomic E-state index is 12.1. The molecule has 3 amide bonds. The van der Waals surface area contributed by atoms with Crippen molar-refractivity contribution in [2.45, 2.75) is 39.7 Å². The molecule has 0 spiro atoms. The van der Waals surface area contributed by atoms with E-state index in [1.165, 1.54) is 4.90 Å². The van der Waals surface area contributed by atoms with Crippen LogP contribution in [0.3, 0.4) is 0 Å². The summed E-state index contributed by atoms with van der Waals surface area (Å²) < 4.78 is 5.47. The Morgan fingerprint density at radius 1 is 1.16 bits per heavy atom. The van der Waals surface area contributed by atoms with Gasteiger partial charge in [0.2, 0.25) is 11.8 Å². The Hall–Kier alpha value is -2.21. The quantitative estimate of drug-likeness (QED) is 0.549. The highest BCUT2D eigenvalue weighted by Gasteiger charge is 2.28. The summed E-state index contributed by atoms with van der Waals surface area (Å²) in [6.07, 6.45) is 1.36. The molecular weight excluding hydrogens is 320 g/mol. The van der Waals surface area contributed by atoms with Crippen molar-refractivity contribution in [1.82, 2.24) is 10.2 Å². The van der Waals surface area contributed by atoms with Gasteiger partial charge in [-0.25, -0.2) is 0 Å². The van der Waals surface area contributed by atoms with Crippen LogP contribution < -0.4 is 5.32 Å². The zero-order valence-electron chi connectivity index (χ0n) is 14.9. The lowest BCUT2D eigenvalue weighted by molar-refractivity contribution is -0.139. The van der Waals surface area contributed by atoms with Crippen LogP contribution >= 0.6 is 0 Å². The number of hydrogen-bond donors (Lipinski definition) is 1. The van der Waals surface area contributed by atoms with Gasteiger partial charge in [0.15, 0.2) is 0 Å². The molecule has 0 saturated carbocycles. The van der Waals surface area contributed by atoms with Crippen LogP contribution in [-0.2, 0) is 20.9 Å². The first-order valence-electron chi connectivity index (χ1n) is 8.75. The average Bonchev–Trinajstić information content (AvgIpc) is 2.90. The van der Waals surface area contributed by atoms with Crippen LogP contribution in [0.25, 0.3) is 0 Å². The average molecular weight is 346 g/mol. The molecule has 1 aliphatic heterocycles. The predicted octanol–water partition coefficient (Wildman–Crippen LogP) is 2.13. The van der Waals surface area contributed by atoms with Gasteiger partial charge in [0.25, 0.3) is 5.91 Å². The predicted molar refractivity (Wildman–Crippen MR) is 93.8 cm³/mol. The molecule has 136 valence electrons. The number of nitrogens with zero attached hydrogens (tertiary/aromatic N) is 1. The zero-order valence-corrected chi connectivity index (χ0v) is 14.9. The first-order valence-corrected chi connectivity index (χ1v) is 8.75. The largest absolute Gasteiger partial charge is 0.381 e. The maximum atomic E-state index is 12.1. The lowest BCUT2D eigenvalue weighted by Gasteiger charge is -2.14. The second-order valence-electron chi connectivity index (χ2n) is 6.65. The van der Waals surface area contributed by atoms with Gasteiger partial charge in [0, 0.05) is 38.2 Å². The third-order valence-electron chi connectivity index (χ3n) is 3.91. The lowest BCUT2D eigenvalue weighted by Crippen LogP contribution is -2.28. The summed E-state index contributed by atoms with van der Waals surface area (Å²) in [7, 11) is 0. The molecule has 0 bridgehead atoms. The van der Waals surface area contributed by atoms with E-state index in [0.717, 1.165) is 18.6 Å². The first kappa shape index (κ1) is 19.1. The van der Waals surface area contributed by atoms with E-state index < -0.39 is 0 Å². The van der Waals surface area contributed by atoms with Gasteiger partial charge < -0.3 is 10.1 Å². The smallest absolute Gasteiger partial charge is 0.251 e. The van der Waals surface area contributed by atoms with Gasteiger partial charge in [-0.1, -0.05) is 26.0 Å². The number of imide groups is 1. The SMILES string of the molecule is CC(C)COCCCNC(=O)c1ccc(CN2C(=O)CCC2=O)cc1. The number of likely N-dealkylation sites (tertiary alicyclic amines) is 1. The summed E-state index contributed by atoms with van der Waals surface area (Å²) in [5, 5.41) is 2.86. The summed E-state index contributed by atoms with van der Waals surface area (Å²) in [6, 6.07) is 6.98. The Morgan fingerprint density at radius 2 is 1.80 bits per heavy atom. The van der Waals surface area contributed by atoms with Gasteiger partial charge in [-0.2, -0.15) is 0 Å². The molecule has 25 heavy (non-hydrogen) atoms. The molecule has 0 radical (unpaired) electrons. The molecule has 1 heterocycles. The highest BCUT2D eigenvalue weighted by Crippen LogP contribution is 2.16. The number of amides is 3. The van der Waals surface area contributed by atoms with Crippen molar-refractivity contribution in [1.29, 1.82) is 0 Å².